The topological polar surface area (TPSA) is 137 Å². The van der Waals surface area contributed by atoms with Crippen LogP contribution in [-0.4, -0.2) is 65.7 Å². The SMILES string of the molecule is COc1cc(OC)c(Cl)c(Nc2ncccc2-c2cc(Nc3ccc(OCC4CN(C)C4)cc3[N+](=O)[O-])ncn2)c1Cl. The van der Waals surface area contributed by atoms with Gasteiger partial charge in [0.15, 0.2) is 0 Å². The van der Waals surface area contributed by atoms with Gasteiger partial charge in [-0.05, 0) is 31.3 Å². The summed E-state index contributed by atoms with van der Waals surface area (Å²) in [5, 5.41) is 18.6. The molecule has 0 atom stereocenters. The Morgan fingerprint density at radius 1 is 1.02 bits per heavy atom. The van der Waals surface area contributed by atoms with Crippen molar-refractivity contribution < 1.29 is 19.1 Å². The quantitative estimate of drug-likeness (QED) is 0.148. The molecule has 2 N–H and O–H groups in total. The molecule has 1 aliphatic rings. The number of nitro benzene ring substituents is 1. The van der Waals surface area contributed by atoms with Crippen LogP contribution in [0, 0.1) is 16.0 Å². The van der Waals surface area contributed by atoms with E-state index in [2.05, 4.69) is 30.5 Å². The molecule has 0 aliphatic carbocycles. The molecule has 0 saturated carbocycles. The van der Waals surface area contributed by atoms with Crippen LogP contribution < -0.4 is 24.8 Å². The summed E-state index contributed by atoms with van der Waals surface area (Å²) >= 11 is 13.1. The molecule has 4 aromatic rings. The van der Waals surface area contributed by atoms with Crippen LogP contribution in [0.3, 0.4) is 0 Å². The Hall–Kier alpha value is -4.39. The van der Waals surface area contributed by atoms with Gasteiger partial charge in [-0.1, -0.05) is 23.2 Å². The molecule has 0 spiro atoms. The molecule has 12 nitrogen and oxygen atoms in total. The molecule has 1 saturated heterocycles. The van der Waals surface area contributed by atoms with Crippen molar-refractivity contribution in [2.75, 3.05) is 51.6 Å². The third-order valence-corrected chi connectivity index (χ3v) is 7.37. The second-order valence-corrected chi connectivity index (χ2v) is 10.3. The van der Waals surface area contributed by atoms with Gasteiger partial charge in [-0.15, -0.1) is 0 Å². The van der Waals surface area contributed by atoms with Gasteiger partial charge in [0.05, 0.1) is 43.2 Å². The first-order valence-corrected chi connectivity index (χ1v) is 13.5. The van der Waals surface area contributed by atoms with Gasteiger partial charge in [-0.25, -0.2) is 15.0 Å². The number of hydrogen-bond donors (Lipinski definition) is 2. The van der Waals surface area contributed by atoms with Gasteiger partial charge in [0, 0.05) is 42.9 Å². The molecule has 0 unspecified atom stereocenters. The number of hydrogen-bond acceptors (Lipinski definition) is 11. The van der Waals surface area contributed by atoms with Crippen molar-refractivity contribution in [2.45, 2.75) is 0 Å². The highest BCUT2D eigenvalue weighted by Crippen LogP contribution is 2.46. The summed E-state index contributed by atoms with van der Waals surface area (Å²) in [5.41, 5.74) is 1.53. The fraction of sp³-hybridized carbons (Fsp3) is 0.250. The molecule has 2 aromatic carbocycles. The highest BCUT2D eigenvalue weighted by Gasteiger charge is 2.24. The zero-order chi connectivity index (χ0) is 29.8. The Bertz CT molecular complexity index is 1590. The Kier molecular flexibility index (Phi) is 8.76. The van der Waals surface area contributed by atoms with E-state index >= 15 is 0 Å². The summed E-state index contributed by atoms with van der Waals surface area (Å²) in [7, 11) is 5.01. The Balaban J connectivity index is 1.41. The number of rotatable bonds is 11. The number of benzene rings is 2. The van der Waals surface area contributed by atoms with E-state index in [1.807, 2.05) is 7.05 Å². The van der Waals surface area contributed by atoms with Gasteiger partial charge >= 0.3 is 0 Å². The van der Waals surface area contributed by atoms with Crippen LogP contribution in [0.4, 0.5) is 28.7 Å². The molecule has 5 rings (SSSR count). The minimum atomic E-state index is -0.465. The summed E-state index contributed by atoms with van der Waals surface area (Å²) in [5.74, 6) is 2.30. The number of nitrogens with zero attached hydrogens (tertiary/aromatic N) is 5. The van der Waals surface area contributed by atoms with E-state index < -0.39 is 4.92 Å². The minimum absolute atomic E-state index is 0.140. The monoisotopic (exact) mass is 611 g/mol. The average molecular weight is 612 g/mol. The largest absolute Gasteiger partial charge is 0.495 e. The lowest BCUT2D eigenvalue weighted by Gasteiger charge is -2.35. The molecular formula is C28H27Cl2N7O5. The first-order valence-electron chi connectivity index (χ1n) is 12.8. The van der Waals surface area contributed by atoms with Crippen molar-refractivity contribution >= 4 is 51.9 Å². The first-order chi connectivity index (χ1) is 20.3. The normalized spacial score (nSPS) is 13.3. The van der Waals surface area contributed by atoms with Crippen LogP contribution in [0.1, 0.15) is 0 Å². The van der Waals surface area contributed by atoms with Crippen LogP contribution in [0.25, 0.3) is 11.3 Å². The van der Waals surface area contributed by atoms with E-state index in [-0.39, 0.29) is 21.4 Å². The van der Waals surface area contributed by atoms with Crippen LogP contribution in [0.5, 0.6) is 17.2 Å². The summed E-state index contributed by atoms with van der Waals surface area (Å²) in [6.07, 6.45) is 2.95. The van der Waals surface area contributed by atoms with Crippen molar-refractivity contribution in [1.29, 1.82) is 0 Å². The zero-order valence-electron chi connectivity index (χ0n) is 22.9. The van der Waals surface area contributed by atoms with Crippen LogP contribution >= 0.6 is 23.2 Å². The van der Waals surface area contributed by atoms with Crippen LogP contribution in [-0.2, 0) is 0 Å². The Morgan fingerprint density at radius 2 is 1.76 bits per heavy atom. The predicted molar refractivity (Wildman–Crippen MR) is 161 cm³/mol. The summed E-state index contributed by atoms with van der Waals surface area (Å²) in [6, 6.07) is 11.5. The van der Waals surface area contributed by atoms with Crippen LogP contribution in [0.15, 0.2) is 55.0 Å². The number of nitrogens with one attached hydrogen (secondary N) is 2. The molecule has 3 heterocycles. The first kappa shape index (κ1) is 29.1. The van der Waals surface area contributed by atoms with Gasteiger partial charge in [0.25, 0.3) is 5.69 Å². The molecule has 2 aromatic heterocycles. The van der Waals surface area contributed by atoms with Gasteiger partial charge < -0.3 is 29.7 Å². The molecule has 0 amide bonds. The number of nitro groups is 1. The van der Waals surface area contributed by atoms with Crippen molar-refractivity contribution in [3.8, 4) is 28.5 Å². The van der Waals surface area contributed by atoms with Gasteiger partial charge in [-0.2, -0.15) is 0 Å². The van der Waals surface area contributed by atoms with E-state index in [9.17, 15) is 10.1 Å². The molecule has 0 radical (unpaired) electrons. The molecule has 14 heteroatoms. The number of pyridine rings is 1. The summed E-state index contributed by atoms with van der Waals surface area (Å²) in [4.78, 5) is 26.7. The van der Waals surface area contributed by atoms with Crippen molar-refractivity contribution in [3.05, 3.63) is 75.1 Å². The van der Waals surface area contributed by atoms with Gasteiger partial charge in [0.1, 0.15) is 50.9 Å². The summed E-state index contributed by atoms with van der Waals surface area (Å²) < 4.78 is 16.5. The second-order valence-electron chi connectivity index (χ2n) is 9.56. The third-order valence-electron chi connectivity index (χ3n) is 6.62. The maximum absolute atomic E-state index is 11.9. The summed E-state index contributed by atoms with van der Waals surface area (Å²) in [6.45, 7) is 2.39. The highest BCUT2D eigenvalue weighted by atomic mass is 35.5. The lowest BCUT2D eigenvalue weighted by molar-refractivity contribution is -0.384. The number of halogens is 2. The Labute approximate surface area is 251 Å². The lowest BCUT2D eigenvalue weighted by Crippen LogP contribution is -2.46. The Morgan fingerprint density at radius 3 is 2.43 bits per heavy atom. The molecule has 0 bridgehead atoms. The van der Waals surface area contributed by atoms with Gasteiger partial charge in [0.2, 0.25) is 0 Å². The molecule has 1 aliphatic heterocycles. The van der Waals surface area contributed by atoms with Crippen molar-refractivity contribution in [2.24, 2.45) is 5.92 Å². The van der Waals surface area contributed by atoms with E-state index in [1.165, 1.54) is 26.6 Å². The number of anilines is 4. The van der Waals surface area contributed by atoms with E-state index in [4.69, 9.17) is 37.4 Å². The average Bonchev–Trinajstić information content (AvgIpc) is 2.98. The lowest BCUT2D eigenvalue weighted by atomic mass is 10.0. The smallest absolute Gasteiger partial charge is 0.296 e. The van der Waals surface area contributed by atoms with Gasteiger partial charge in [-0.3, -0.25) is 10.1 Å². The number of ether oxygens (including phenoxy) is 3. The third kappa shape index (κ3) is 6.25. The second kappa shape index (κ2) is 12.6. The predicted octanol–water partition coefficient (Wildman–Crippen LogP) is 6.20. The molecular weight excluding hydrogens is 585 g/mol. The molecule has 1 fully saturated rings. The highest BCUT2D eigenvalue weighted by molar-refractivity contribution is 6.41. The van der Waals surface area contributed by atoms with E-state index in [0.717, 1.165) is 13.1 Å². The number of likely N-dealkylation sites (tertiary alicyclic amines) is 1. The van der Waals surface area contributed by atoms with Crippen LogP contribution in [0.2, 0.25) is 10.0 Å². The van der Waals surface area contributed by atoms with E-state index in [0.29, 0.717) is 58.4 Å². The molecule has 42 heavy (non-hydrogen) atoms. The zero-order valence-corrected chi connectivity index (χ0v) is 24.4. The fourth-order valence-corrected chi connectivity index (χ4v) is 5.14. The number of methoxy groups -OCH3 is 2. The minimum Gasteiger partial charge on any atom is -0.495 e. The molecule has 218 valence electrons. The van der Waals surface area contributed by atoms with Crippen molar-refractivity contribution in [3.63, 3.8) is 0 Å². The fourth-order valence-electron chi connectivity index (χ4n) is 4.54. The number of aromatic nitrogens is 3. The standard InChI is InChI=1S/C28H27Cl2N7O5/c1-36-12-16(13-36)14-42-17-6-7-19(21(9-17)37(38)39)34-24-10-20(32-15-33-24)18-5-4-8-31-28(18)35-27-25(29)22(40-2)11-23(41-3)26(27)30/h4-11,15-16H,12-14H2,1-3H3,(H,31,35)(H,32,33,34). The maximum Gasteiger partial charge on any atom is 0.296 e. The van der Waals surface area contributed by atoms with E-state index in [1.54, 1.807) is 42.6 Å². The van der Waals surface area contributed by atoms with Crippen molar-refractivity contribution in [1.82, 2.24) is 19.9 Å². The maximum atomic E-state index is 11.9.